The van der Waals surface area contributed by atoms with Gasteiger partial charge in [-0.05, 0) is 92.4 Å². The molecule has 250 valence electrons. The first-order valence-corrected chi connectivity index (χ1v) is 18.3. The van der Waals surface area contributed by atoms with Gasteiger partial charge in [-0.2, -0.15) is 0 Å². The molecule has 0 aromatic heterocycles. The molecule has 3 unspecified atom stereocenters. The maximum absolute atomic E-state index is 7.02. The number of benzene rings is 4. The van der Waals surface area contributed by atoms with Crippen LogP contribution >= 0.6 is 0 Å². The smallest absolute Gasteiger partial charge is 0.234 e. The highest BCUT2D eigenvalue weighted by Gasteiger charge is 2.55. The number of nitrogens with zero attached hydrogens (tertiary/aromatic N) is 1. The third-order valence-electron chi connectivity index (χ3n) is 11.9. The van der Waals surface area contributed by atoms with Gasteiger partial charge in [0.05, 0.1) is 11.4 Å². The van der Waals surface area contributed by atoms with E-state index in [1.165, 1.54) is 11.2 Å². The van der Waals surface area contributed by atoms with Crippen molar-refractivity contribution in [2.75, 3.05) is 4.90 Å². The normalized spacial score (nSPS) is 24.1. The molecular formula is C44H36BNO5. The molecular weight excluding hydrogens is 633 g/mol. The Morgan fingerprint density at radius 1 is 0.824 bits per heavy atom. The van der Waals surface area contributed by atoms with Crippen molar-refractivity contribution in [3.05, 3.63) is 132 Å². The standard InChI is InChI=1S/C44H36BNO5/c1-26-12-11-21-41-44(26,2)51-38-25-28(24-37-42(38)45(41)30-14-4-8-18-34(30)48-37)47-33-17-7-3-13-29(33)27-22-39-43-40(23-27)50-36-20-10-6-16-32(36)46(43)31-15-5-9-19-35(31)49-39/h3-4,7-9,11,13-14,16-26,41H,5-6,10,12,15H2,1-2H3. The highest BCUT2D eigenvalue weighted by atomic mass is 16.5. The van der Waals surface area contributed by atoms with Crippen molar-refractivity contribution in [2.45, 2.75) is 57.4 Å². The molecule has 0 spiro atoms. The molecule has 0 amide bonds. The number of para-hydroxylation sites is 2. The van der Waals surface area contributed by atoms with Crippen molar-refractivity contribution in [2.24, 2.45) is 5.92 Å². The number of ether oxygens (including phenoxy) is 5. The van der Waals surface area contributed by atoms with Gasteiger partial charge in [-0.25, -0.2) is 0 Å². The van der Waals surface area contributed by atoms with Gasteiger partial charge >= 0.3 is 0 Å². The largest absolute Gasteiger partial charge is 0.488 e. The van der Waals surface area contributed by atoms with Gasteiger partial charge in [0, 0.05) is 29.0 Å². The molecule has 11 rings (SSSR count). The van der Waals surface area contributed by atoms with E-state index in [2.05, 4.69) is 97.7 Å². The molecule has 0 N–H and O–H groups in total. The van der Waals surface area contributed by atoms with Crippen LogP contribution in [0.2, 0.25) is 5.82 Å². The fourth-order valence-electron chi connectivity index (χ4n) is 9.17. The summed E-state index contributed by atoms with van der Waals surface area (Å²) in [4.78, 5) is 2.37. The Kier molecular flexibility index (Phi) is 6.14. The van der Waals surface area contributed by atoms with Gasteiger partial charge < -0.3 is 28.6 Å². The molecule has 4 aliphatic heterocycles. The molecule has 0 saturated carbocycles. The first-order chi connectivity index (χ1) is 25.0. The molecule has 4 aromatic carbocycles. The van der Waals surface area contributed by atoms with Crippen LogP contribution in [-0.4, -0.2) is 12.3 Å². The van der Waals surface area contributed by atoms with Gasteiger partial charge in [0.25, 0.3) is 0 Å². The third-order valence-corrected chi connectivity index (χ3v) is 11.9. The molecule has 3 atom stereocenters. The van der Waals surface area contributed by atoms with Crippen LogP contribution in [0.5, 0.6) is 40.2 Å². The molecule has 7 aliphatic rings. The summed E-state index contributed by atoms with van der Waals surface area (Å²) < 4.78 is 33.7. The molecule has 0 bridgehead atoms. The molecule has 4 heterocycles. The Morgan fingerprint density at radius 2 is 1.65 bits per heavy atom. The van der Waals surface area contributed by atoms with E-state index in [-0.39, 0.29) is 18.1 Å². The Hall–Kier alpha value is -5.56. The average Bonchev–Trinajstić information content (AvgIpc) is 3.15. The zero-order chi connectivity index (χ0) is 33.8. The summed E-state index contributed by atoms with van der Waals surface area (Å²) in [6.45, 7) is 4.70. The summed E-state index contributed by atoms with van der Waals surface area (Å²) in [6, 6.07) is 24.9. The molecule has 0 fully saturated rings. The molecule has 6 nitrogen and oxygen atoms in total. The minimum Gasteiger partial charge on any atom is -0.488 e. The van der Waals surface area contributed by atoms with E-state index in [1.54, 1.807) is 0 Å². The number of allylic oxidation sites excluding steroid dienone is 6. The fourth-order valence-corrected chi connectivity index (χ4v) is 9.17. The van der Waals surface area contributed by atoms with E-state index < -0.39 is 0 Å². The van der Waals surface area contributed by atoms with Crippen LogP contribution in [0.4, 0.5) is 5.69 Å². The van der Waals surface area contributed by atoms with E-state index in [0.717, 1.165) is 106 Å². The Labute approximate surface area is 298 Å². The molecule has 51 heavy (non-hydrogen) atoms. The zero-order valence-corrected chi connectivity index (χ0v) is 28.6. The van der Waals surface area contributed by atoms with Gasteiger partial charge in [0.2, 0.25) is 6.71 Å². The zero-order valence-electron chi connectivity index (χ0n) is 28.6. The predicted octanol–water partition coefficient (Wildman–Crippen LogP) is 9.69. The fraction of sp³-hybridized carbons (Fsp3) is 0.227. The number of anilines is 1. The summed E-state index contributed by atoms with van der Waals surface area (Å²) in [5.74, 6) is 7.80. The van der Waals surface area contributed by atoms with E-state index in [9.17, 15) is 0 Å². The number of rotatable bonds is 3. The molecule has 0 saturated heterocycles. The molecule has 7 heteroatoms. The van der Waals surface area contributed by atoms with Crippen molar-refractivity contribution in [3.63, 3.8) is 0 Å². The maximum atomic E-state index is 7.02. The summed E-state index contributed by atoms with van der Waals surface area (Å²) >= 11 is 0. The van der Waals surface area contributed by atoms with E-state index in [0.29, 0.717) is 11.7 Å². The first kappa shape index (κ1) is 29.2. The lowest BCUT2D eigenvalue weighted by Gasteiger charge is -2.51. The van der Waals surface area contributed by atoms with Crippen molar-refractivity contribution >= 4 is 23.3 Å². The van der Waals surface area contributed by atoms with E-state index in [4.69, 9.17) is 23.7 Å². The number of hydrogen-bond acceptors (Lipinski definition) is 6. The Balaban J connectivity index is 1.02. The highest BCUT2D eigenvalue weighted by molar-refractivity contribution is 6.89. The monoisotopic (exact) mass is 669 g/mol. The highest BCUT2D eigenvalue weighted by Crippen LogP contribution is 2.56. The SMILES string of the molecule is CC1CC=CC2B3c4ccccc4Oc4cc(Oc5ccccc5-c5cc6c7c(c5)OC5=C(CCC=C5)N7C5=CCCC=C5O6)cc(c43)OC12C. The van der Waals surface area contributed by atoms with Crippen molar-refractivity contribution < 1.29 is 23.7 Å². The van der Waals surface area contributed by atoms with Crippen molar-refractivity contribution in [3.8, 4) is 51.4 Å². The Morgan fingerprint density at radius 3 is 2.59 bits per heavy atom. The van der Waals surface area contributed by atoms with Crippen LogP contribution in [0.1, 0.15) is 46.0 Å². The first-order valence-electron chi connectivity index (χ1n) is 18.3. The van der Waals surface area contributed by atoms with Gasteiger partial charge in [0.1, 0.15) is 51.6 Å². The van der Waals surface area contributed by atoms with Gasteiger partial charge in [-0.3, -0.25) is 0 Å². The minimum absolute atomic E-state index is 0.135. The van der Waals surface area contributed by atoms with Crippen molar-refractivity contribution in [1.82, 2.24) is 0 Å². The summed E-state index contributed by atoms with van der Waals surface area (Å²) in [5, 5.41) is 0. The van der Waals surface area contributed by atoms with Gasteiger partial charge in [-0.15, -0.1) is 0 Å². The van der Waals surface area contributed by atoms with Gasteiger partial charge in [-0.1, -0.05) is 67.6 Å². The minimum atomic E-state index is -0.366. The van der Waals surface area contributed by atoms with E-state index in [1.807, 2.05) is 30.3 Å². The molecule has 3 aliphatic carbocycles. The van der Waals surface area contributed by atoms with Crippen LogP contribution in [0.25, 0.3) is 11.1 Å². The summed E-state index contributed by atoms with van der Waals surface area (Å²) in [5.41, 5.74) is 7.09. The summed E-state index contributed by atoms with van der Waals surface area (Å²) in [7, 11) is 0. The van der Waals surface area contributed by atoms with Crippen LogP contribution in [0.3, 0.4) is 0 Å². The van der Waals surface area contributed by atoms with E-state index >= 15 is 0 Å². The van der Waals surface area contributed by atoms with Crippen LogP contribution in [0, 0.1) is 5.92 Å². The summed E-state index contributed by atoms with van der Waals surface area (Å²) in [6.07, 6.45) is 18.3. The maximum Gasteiger partial charge on any atom is 0.234 e. The topological polar surface area (TPSA) is 49.4 Å². The van der Waals surface area contributed by atoms with Crippen LogP contribution in [0.15, 0.2) is 132 Å². The predicted molar refractivity (Wildman–Crippen MR) is 200 cm³/mol. The molecule has 0 radical (unpaired) electrons. The second kappa shape index (κ2) is 10.7. The quantitative estimate of drug-likeness (QED) is 0.160. The van der Waals surface area contributed by atoms with Gasteiger partial charge in [0.15, 0.2) is 11.5 Å². The molecule has 4 aromatic rings. The lowest BCUT2D eigenvalue weighted by Crippen LogP contribution is -2.63. The third kappa shape index (κ3) is 4.24. The lowest BCUT2D eigenvalue weighted by atomic mass is 9.28. The second-order valence-corrected chi connectivity index (χ2v) is 14.8. The number of fused-ring (bicyclic) bond motifs is 7. The Bertz CT molecular complexity index is 2350. The number of hydrogen-bond donors (Lipinski definition) is 0. The van der Waals surface area contributed by atoms with Crippen LogP contribution < -0.4 is 39.5 Å². The van der Waals surface area contributed by atoms with Crippen molar-refractivity contribution in [1.29, 1.82) is 0 Å². The average molecular weight is 670 g/mol. The second-order valence-electron chi connectivity index (χ2n) is 14.8. The lowest BCUT2D eigenvalue weighted by molar-refractivity contribution is 0.0285. The van der Waals surface area contributed by atoms with Crippen LogP contribution in [-0.2, 0) is 0 Å².